The first-order chi connectivity index (χ1) is 22.4. The minimum absolute atomic E-state index is 0.0189. The van der Waals surface area contributed by atoms with E-state index in [0.717, 1.165) is 56.1 Å². The molecule has 6 heteroatoms. The summed E-state index contributed by atoms with van der Waals surface area (Å²) < 4.78 is 10.1. The molecule has 0 N–H and O–H groups in total. The molecular formula is C40H39N5S+2. The topological polar surface area (TPSA) is 38.5 Å². The third kappa shape index (κ3) is 3.80. The van der Waals surface area contributed by atoms with Gasteiger partial charge in [0.1, 0.15) is 5.82 Å². The number of hydrogen-bond acceptors (Lipinski definition) is 3. The largest absolute Gasteiger partial charge is 0.250 e. The SMILES string of the molecule is CCCn1nc(C)nc1-c1cccc[n+]1C1(CC)CC2(C[n+]3c(cc(C)c4ccccc43)-c3c2ccc2sc4ccccc4c32)C1. The van der Waals surface area contributed by atoms with E-state index in [2.05, 4.69) is 126 Å². The van der Waals surface area contributed by atoms with Gasteiger partial charge in [-0.2, -0.15) is 14.2 Å². The van der Waals surface area contributed by atoms with Crippen LogP contribution >= 0.6 is 11.3 Å². The average molecular weight is 622 g/mol. The molecule has 5 heterocycles. The van der Waals surface area contributed by atoms with Crippen molar-refractivity contribution in [2.45, 2.75) is 77.4 Å². The highest BCUT2D eigenvalue weighted by Gasteiger charge is 2.65. The molecule has 1 aliphatic heterocycles. The van der Waals surface area contributed by atoms with Gasteiger partial charge in [-0.15, -0.1) is 11.3 Å². The molecule has 1 aliphatic carbocycles. The van der Waals surface area contributed by atoms with Crippen molar-refractivity contribution in [3.8, 4) is 22.8 Å². The van der Waals surface area contributed by atoms with E-state index in [-0.39, 0.29) is 11.0 Å². The molecule has 9 rings (SSSR count). The zero-order chi connectivity index (χ0) is 31.2. The maximum absolute atomic E-state index is 4.96. The number of pyridine rings is 2. The van der Waals surface area contributed by atoms with E-state index in [1.165, 1.54) is 53.5 Å². The van der Waals surface area contributed by atoms with Crippen molar-refractivity contribution in [1.82, 2.24) is 14.8 Å². The highest BCUT2D eigenvalue weighted by atomic mass is 32.1. The monoisotopic (exact) mass is 621 g/mol. The molecule has 5 nitrogen and oxygen atoms in total. The van der Waals surface area contributed by atoms with Crippen LogP contribution in [0.2, 0.25) is 0 Å². The van der Waals surface area contributed by atoms with Gasteiger partial charge in [0.25, 0.3) is 5.69 Å². The third-order valence-corrected chi connectivity index (χ3v) is 12.0. The van der Waals surface area contributed by atoms with Crippen molar-refractivity contribution >= 4 is 42.4 Å². The van der Waals surface area contributed by atoms with Crippen LogP contribution in [-0.4, -0.2) is 14.8 Å². The van der Waals surface area contributed by atoms with Crippen molar-refractivity contribution in [3.63, 3.8) is 0 Å². The predicted octanol–water partition coefficient (Wildman–Crippen LogP) is 8.59. The highest BCUT2D eigenvalue weighted by Crippen LogP contribution is 2.59. The van der Waals surface area contributed by atoms with Gasteiger partial charge in [0, 0.05) is 75.6 Å². The summed E-state index contributed by atoms with van der Waals surface area (Å²) in [6.45, 7) is 10.7. The van der Waals surface area contributed by atoms with Crippen molar-refractivity contribution in [2.24, 2.45) is 0 Å². The summed E-state index contributed by atoms with van der Waals surface area (Å²) in [5.41, 5.74) is 8.16. The lowest BCUT2D eigenvalue weighted by Gasteiger charge is -2.52. The fourth-order valence-electron chi connectivity index (χ4n) is 8.98. The lowest BCUT2D eigenvalue weighted by atomic mass is 9.51. The van der Waals surface area contributed by atoms with Crippen molar-refractivity contribution in [3.05, 3.63) is 108 Å². The van der Waals surface area contributed by atoms with Gasteiger partial charge in [-0.3, -0.25) is 0 Å². The standard InChI is InChI=1S/C40H39N5S/c1-5-20-45-38(41-27(4)42-45)32-16-11-12-21-44(32)40(6-2)23-39(24-40)25-43-31-15-9-7-13-28(31)26(3)22-33(43)37-30(39)18-19-35-36(37)29-14-8-10-17-34(29)46-35/h7-19,21-22H,5-6,20,23-25H2,1-4H3/q+2. The molecular weight excluding hydrogens is 583 g/mol. The van der Waals surface area contributed by atoms with Crippen LogP contribution in [0.4, 0.5) is 0 Å². The molecule has 7 aromatic rings. The molecule has 0 amide bonds. The maximum Gasteiger partial charge on any atom is 0.250 e. The predicted molar refractivity (Wildman–Crippen MR) is 187 cm³/mol. The van der Waals surface area contributed by atoms with Crippen molar-refractivity contribution < 1.29 is 9.13 Å². The molecule has 0 atom stereocenters. The number of thiophene rings is 1. The molecule has 1 fully saturated rings. The number of nitrogens with zero attached hydrogens (tertiary/aromatic N) is 5. The van der Waals surface area contributed by atoms with Crippen LogP contribution in [0.25, 0.3) is 53.9 Å². The Labute approximate surface area is 273 Å². The molecule has 0 bridgehead atoms. The van der Waals surface area contributed by atoms with E-state index >= 15 is 0 Å². The summed E-state index contributed by atoms with van der Waals surface area (Å²) in [5.74, 6) is 1.81. The number of hydrogen-bond donors (Lipinski definition) is 0. The van der Waals surface area contributed by atoms with Crippen LogP contribution < -0.4 is 9.13 Å². The van der Waals surface area contributed by atoms with Gasteiger partial charge in [-0.05, 0) is 55.7 Å². The van der Waals surface area contributed by atoms with Gasteiger partial charge >= 0.3 is 0 Å². The molecule has 0 unspecified atom stereocenters. The molecule has 46 heavy (non-hydrogen) atoms. The third-order valence-electron chi connectivity index (χ3n) is 10.9. The highest BCUT2D eigenvalue weighted by molar-refractivity contribution is 7.25. The summed E-state index contributed by atoms with van der Waals surface area (Å²) >= 11 is 1.92. The fraction of sp³-hybridized carbons (Fsp3) is 0.300. The van der Waals surface area contributed by atoms with E-state index < -0.39 is 0 Å². The van der Waals surface area contributed by atoms with E-state index in [0.29, 0.717) is 0 Å². The normalized spacial score (nSPS) is 20.3. The Bertz CT molecular complexity index is 2340. The lowest BCUT2D eigenvalue weighted by Crippen LogP contribution is -2.72. The molecule has 1 saturated carbocycles. The number of rotatable bonds is 5. The summed E-state index contributed by atoms with van der Waals surface area (Å²) in [6.07, 6.45) is 6.54. The molecule has 4 aromatic heterocycles. The van der Waals surface area contributed by atoms with Crippen LogP contribution in [0.15, 0.2) is 91.1 Å². The number of para-hydroxylation sites is 1. The Morgan fingerprint density at radius 2 is 1.63 bits per heavy atom. The first-order valence-corrected chi connectivity index (χ1v) is 17.6. The van der Waals surface area contributed by atoms with E-state index in [9.17, 15) is 0 Å². The van der Waals surface area contributed by atoms with Crippen LogP contribution in [0.3, 0.4) is 0 Å². The minimum atomic E-state index is -0.0189. The van der Waals surface area contributed by atoms with Crippen LogP contribution in [0.1, 0.15) is 56.5 Å². The quantitative estimate of drug-likeness (QED) is 0.181. The molecule has 3 aromatic carbocycles. The molecule has 0 radical (unpaired) electrons. The van der Waals surface area contributed by atoms with Gasteiger partial charge < -0.3 is 0 Å². The smallest absolute Gasteiger partial charge is 0.240 e. The number of aromatic nitrogens is 5. The number of benzene rings is 3. The van der Waals surface area contributed by atoms with Crippen molar-refractivity contribution in [2.75, 3.05) is 0 Å². The summed E-state index contributed by atoms with van der Waals surface area (Å²) in [6, 6.07) is 31.9. The Morgan fingerprint density at radius 1 is 0.848 bits per heavy atom. The summed E-state index contributed by atoms with van der Waals surface area (Å²) in [5, 5.41) is 8.93. The van der Waals surface area contributed by atoms with Crippen LogP contribution in [0, 0.1) is 13.8 Å². The molecule has 2 aliphatic rings. The van der Waals surface area contributed by atoms with Crippen molar-refractivity contribution in [1.29, 1.82) is 0 Å². The van der Waals surface area contributed by atoms with Gasteiger partial charge in [0.15, 0.2) is 18.3 Å². The van der Waals surface area contributed by atoms with Gasteiger partial charge in [-0.1, -0.05) is 50.2 Å². The Kier molecular flexibility index (Phi) is 6.08. The van der Waals surface area contributed by atoms with Gasteiger partial charge in [0.05, 0.1) is 11.0 Å². The minimum Gasteiger partial charge on any atom is -0.240 e. The van der Waals surface area contributed by atoms with E-state index in [1.54, 1.807) is 0 Å². The van der Waals surface area contributed by atoms with Gasteiger partial charge in [-0.25, -0.2) is 9.67 Å². The number of aryl methyl sites for hydroxylation is 3. The van der Waals surface area contributed by atoms with E-state index in [4.69, 9.17) is 10.1 Å². The zero-order valence-corrected chi connectivity index (χ0v) is 27.9. The first kappa shape index (κ1) is 27.9. The van der Waals surface area contributed by atoms with Crippen LogP contribution in [-0.2, 0) is 24.0 Å². The van der Waals surface area contributed by atoms with E-state index in [1.807, 2.05) is 18.3 Å². The van der Waals surface area contributed by atoms with Gasteiger partial charge in [0.2, 0.25) is 17.0 Å². The average Bonchev–Trinajstić information content (AvgIpc) is 3.63. The maximum atomic E-state index is 4.96. The summed E-state index contributed by atoms with van der Waals surface area (Å²) in [7, 11) is 0. The Balaban J connectivity index is 1.27. The zero-order valence-electron chi connectivity index (χ0n) is 27.0. The molecule has 1 spiro atoms. The molecule has 228 valence electrons. The molecule has 0 saturated heterocycles. The lowest BCUT2D eigenvalue weighted by molar-refractivity contribution is -0.781. The Hall–Kier alpha value is -4.42. The number of fused-ring (bicyclic) bond motifs is 10. The Morgan fingerprint density at radius 3 is 2.46 bits per heavy atom. The van der Waals surface area contributed by atoms with Crippen LogP contribution in [0.5, 0.6) is 0 Å². The second-order valence-electron chi connectivity index (χ2n) is 13.6. The fourth-order valence-corrected chi connectivity index (χ4v) is 10.1. The second kappa shape index (κ2) is 10.0. The summed E-state index contributed by atoms with van der Waals surface area (Å²) in [4.78, 5) is 4.96. The second-order valence-corrected chi connectivity index (χ2v) is 14.7. The first-order valence-electron chi connectivity index (χ1n) is 16.8.